The third kappa shape index (κ3) is 1.73. The highest BCUT2D eigenvalue weighted by atomic mass is 15.4. The molecular formula is C11H12N6. The highest BCUT2D eigenvalue weighted by Gasteiger charge is 2.06. The normalized spacial score (nSPS) is 11.1. The first-order valence-corrected chi connectivity index (χ1v) is 5.39. The van der Waals surface area contributed by atoms with Crippen molar-refractivity contribution in [1.82, 2.24) is 24.5 Å². The first kappa shape index (κ1) is 9.83. The Kier molecular flexibility index (Phi) is 2.25. The van der Waals surface area contributed by atoms with Gasteiger partial charge in [0.25, 0.3) is 0 Å². The van der Waals surface area contributed by atoms with Crippen LogP contribution in [0.3, 0.4) is 0 Å². The number of nitrogens with zero attached hydrogens (tertiary/aromatic N) is 5. The Balaban J connectivity index is 1.92. The summed E-state index contributed by atoms with van der Waals surface area (Å²) in [5.74, 6) is 0.534. The van der Waals surface area contributed by atoms with Crippen molar-refractivity contribution in [3.05, 3.63) is 36.7 Å². The number of hydrogen-bond acceptors (Lipinski definition) is 4. The first-order valence-electron chi connectivity index (χ1n) is 5.39. The van der Waals surface area contributed by atoms with E-state index in [9.17, 15) is 0 Å². The average molecular weight is 228 g/mol. The van der Waals surface area contributed by atoms with Crippen LogP contribution in [0, 0.1) is 0 Å². The fraction of sp³-hybridized carbons (Fsp3) is 0.182. The summed E-state index contributed by atoms with van der Waals surface area (Å²) in [6.45, 7) is 1.46. The summed E-state index contributed by atoms with van der Waals surface area (Å²) in [6, 6.07) is 7.91. The van der Waals surface area contributed by atoms with Crippen molar-refractivity contribution in [2.75, 3.05) is 5.73 Å². The van der Waals surface area contributed by atoms with Crippen LogP contribution in [-0.2, 0) is 13.1 Å². The van der Waals surface area contributed by atoms with Gasteiger partial charge in [0.05, 0.1) is 23.8 Å². The van der Waals surface area contributed by atoms with Gasteiger partial charge in [0.1, 0.15) is 0 Å². The molecule has 0 atom stereocenters. The average Bonchev–Trinajstić information content (AvgIpc) is 2.93. The van der Waals surface area contributed by atoms with Crippen LogP contribution in [0.1, 0.15) is 0 Å². The first-order chi connectivity index (χ1) is 8.34. The Hall–Kier alpha value is -2.37. The maximum atomic E-state index is 5.90. The predicted molar refractivity (Wildman–Crippen MR) is 64.2 cm³/mol. The molecule has 2 aromatic heterocycles. The maximum Gasteiger partial charge on any atom is 0.201 e. The SMILES string of the molecule is Nc1nc2ccccc2n1CCn1ccnn1. The Morgan fingerprint density at radius 3 is 2.88 bits per heavy atom. The standard InChI is InChI=1S/C11H12N6/c12-11-14-9-3-1-2-4-10(9)17(11)8-7-16-6-5-13-15-16/h1-6H,7-8H2,(H2,12,14). The highest BCUT2D eigenvalue weighted by Crippen LogP contribution is 2.17. The third-order valence-corrected chi connectivity index (χ3v) is 2.71. The van der Waals surface area contributed by atoms with E-state index < -0.39 is 0 Å². The fourth-order valence-electron chi connectivity index (χ4n) is 1.88. The number of benzene rings is 1. The van der Waals surface area contributed by atoms with Crippen molar-refractivity contribution in [2.24, 2.45) is 0 Å². The second-order valence-electron chi connectivity index (χ2n) is 3.78. The summed E-state index contributed by atoms with van der Waals surface area (Å²) >= 11 is 0. The van der Waals surface area contributed by atoms with Crippen LogP contribution in [0.15, 0.2) is 36.7 Å². The van der Waals surface area contributed by atoms with Crippen LogP contribution in [-0.4, -0.2) is 24.5 Å². The van der Waals surface area contributed by atoms with Crippen molar-refractivity contribution in [2.45, 2.75) is 13.1 Å². The van der Waals surface area contributed by atoms with E-state index in [0.717, 1.165) is 24.1 Å². The van der Waals surface area contributed by atoms with Crippen LogP contribution >= 0.6 is 0 Å². The van der Waals surface area contributed by atoms with E-state index in [1.54, 1.807) is 10.9 Å². The number of nitrogens with two attached hydrogens (primary N) is 1. The second-order valence-corrected chi connectivity index (χ2v) is 3.78. The number of para-hydroxylation sites is 2. The van der Waals surface area contributed by atoms with Gasteiger partial charge in [-0.2, -0.15) is 0 Å². The van der Waals surface area contributed by atoms with Crippen molar-refractivity contribution in [1.29, 1.82) is 0 Å². The molecule has 3 aromatic rings. The molecule has 0 spiro atoms. The molecule has 86 valence electrons. The summed E-state index contributed by atoms with van der Waals surface area (Å²) in [5, 5.41) is 7.68. The molecule has 0 saturated carbocycles. The van der Waals surface area contributed by atoms with Crippen LogP contribution < -0.4 is 5.73 Å². The van der Waals surface area contributed by atoms with Gasteiger partial charge in [0.2, 0.25) is 5.95 Å². The minimum Gasteiger partial charge on any atom is -0.369 e. The topological polar surface area (TPSA) is 74.5 Å². The van der Waals surface area contributed by atoms with Gasteiger partial charge in [0, 0.05) is 12.7 Å². The Labute approximate surface area is 97.7 Å². The van der Waals surface area contributed by atoms with E-state index in [0.29, 0.717) is 5.95 Å². The summed E-state index contributed by atoms with van der Waals surface area (Å²) in [5.41, 5.74) is 7.87. The van der Waals surface area contributed by atoms with Crippen molar-refractivity contribution in [3.63, 3.8) is 0 Å². The molecule has 6 nitrogen and oxygen atoms in total. The number of fused-ring (bicyclic) bond motifs is 1. The summed E-state index contributed by atoms with van der Waals surface area (Å²) in [4.78, 5) is 4.31. The smallest absolute Gasteiger partial charge is 0.201 e. The molecule has 0 aliphatic heterocycles. The lowest BCUT2D eigenvalue weighted by molar-refractivity contribution is 0.529. The van der Waals surface area contributed by atoms with Crippen LogP contribution in [0.5, 0.6) is 0 Å². The highest BCUT2D eigenvalue weighted by molar-refractivity contribution is 5.78. The van der Waals surface area contributed by atoms with Gasteiger partial charge in [-0.15, -0.1) is 5.10 Å². The third-order valence-electron chi connectivity index (χ3n) is 2.71. The van der Waals surface area contributed by atoms with E-state index in [2.05, 4.69) is 15.3 Å². The van der Waals surface area contributed by atoms with Gasteiger partial charge in [-0.25, -0.2) is 4.98 Å². The molecule has 0 amide bonds. The van der Waals surface area contributed by atoms with Gasteiger partial charge in [-0.05, 0) is 12.1 Å². The van der Waals surface area contributed by atoms with Crippen LogP contribution in [0.25, 0.3) is 11.0 Å². The van der Waals surface area contributed by atoms with Gasteiger partial charge >= 0.3 is 0 Å². The molecule has 0 saturated heterocycles. The molecule has 3 rings (SSSR count). The number of anilines is 1. The van der Waals surface area contributed by atoms with Gasteiger partial charge in [-0.1, -0.05) is 17.3 Å². The molecule has 0 aliphatic rings. The van der Waals surface area contributed by atoms with E-state index in [1.807, 2.05) is 35.0 Å². The number of imidazole rings is 1. The molecule has 17 heavy (non-hydrogen) atoms. The number of rotatable bonds is 3. The Morgan fingerprint density at radius 2 is 2.06 bits per heavy atom. The minimum atomic E-state index is 0.534. The minimum absolute atomic E-state index is 0.534. The number of nitrogen functional groups attached to an aromatic ring is 1. The molecule has 0 aliphatic carbocycles. The molecule has 0 radical (unpaired) electrons. The summed E-state index contributed by atoms with van der Waals surface area (Å²) in [7, 11) is 0. The lowest BCUT2D eigenvalue weighted by Gasteiger charge is -2.05. The number of aromatic nitrogens is 5. The van der Waals surface area contributed by atoms with E-state index >= 15 is 0 Å². The Morgan fingerprint density at radius 1 is 1.18 bits per heavy atom. The summed E-state index contributed by atoms with van der Waals surface area (Å²) in [6.07, 6.45) is 3.49. The molecular weight excluding hydrogens is 216 g/mol. The van der Waals surface area contributed by atoms with Crippen molar-refractivity contribution < 1.29 is 0 Å². The zero-order valence-electron chi connectivity index (χ0n) is 9.19. The molecule has 0 bridgehead atoms. The molecule has 0 unspecified atom stereocenters. The fourth-order valence-corrected chi connectivity index (χ4v) is 1.88. The lowest BCUT2D eigenvalue weighted by Crippen LogP contribution is -2.10. The zero-order chi connectivity index (χ0) is 11.7. The predicted octanol–water partition coefficient (Wildman–Crippen LogP) is 0.910. The van der Waals surface area contributed by atoms with Crippen molar-refractivity contribution >= 4 is 17.0 Å². The molecule has 2 N–H and O–H groups in total. The van der Waals surface area contributed by atoms with Crippen LogP contribution in [0.2, 0.25) is 0 Å². The van der Waals surface area contributed by atoms with Crippen LogP contribution in [0.4, 0.5) is 5.95 Å². The maximum absolute atomic E-state index is 5.90. The van der Waals surface area contributed by atoms with Crippen molar-refractivity contribution in [3.8, 4) is 0 Å². The lowest BCUT2D eigenvalue weighted by atomic mass is 10.3. The monoisotopic (exact) mass is 228 g/mol. The van der Waals surface area contributed by atoms with E-state index in [4.69, 9.17) is 5.73 Å². The quantitative estimate of drug-likeness (QED) is 0.723. The van der Waals surface area contributed by atoms with E-state index in [-0.39, 0.29) is 0 Å². The number of aryl methyl sites for hydroxylation is 2. The zero-order valence-corrected chi connectivity index (χ0v) is 9.19. The van der Waals surface area contributed by atoms with E-state index in [1.165, 1.54) is 0 Å². The van der Waals surface area contributed by atoms with Gasteiger partial charge < -0.3 is 10.3 Å². The van der Waals surface area contributed by atoms with Gasteiger partial charge in [0.15, 0.2) is 0 Å². The second kappa shape index (κ2) is 3.89. The molecule has 6 heteroatoms. The molecule has 1 aromatic carbocycles. The summed E-state index contributed by atoms with van der Waals surface area (Å²) < 4.78 is 3.76. The molecule has 2 heterocycles. The molecule has 0 fully saturated rings. The largest absolute Gasteiger partial charge is 0.369 e. The Bertz CT molecular complexity index is 625. The number of hydrogen-bond donors (Lipinski definition) is 1. The van der Waals surface area contributed by atoms with Gasteiger partial charge in [-0.3, -0.25) is 4.68 Å².